The molecule has 1 aromatic heterocycles. The number of methoxy groups -OCH3 is 1. The van der Waals surface area contributed by atoms with Crippen LogP contribution in [0.15, 0.2) is 22.6 Å². The molecule has 0 aliphatic carbocycles. The Morgan fingerprint density at radius 1 is 1.27 bits per heavy atom. The smallest absolute Gasteiger partial charge is 0.396 e. The molecule has 2 aromatic rings. The van der Waals surface area contributed by atoms with Crippen LogP contribution in [0.25, 0.3) is 11.5 Å². The average molecular weight is 321 g/mol. The molecule has 0 aliphatic heterocycles. The van der Waals surface area contributed by atoms with E-state index < -0.39 is 47.5 Å². The van der Waals surface area contributed by atoms with Crippen molar-refractivity contribution in [1.29, 1.82) is 0 Å². The third-order valence-electron chi connectivity index (χ3n) is 2.60. The van der Waals surface area contributed by atoms with Gasteiger partial charge in [0.15, 0.2) is 17.3 Å². The first-order valence-corrected chi connectivity index (χ1v) is 5.81. The number of benzene rings is 1. The molecule has 0 spiro atoms. The number of esters is 1. The predicted molar refractivity (Wildman–Crippen MR) is 63.0 cm³/mol. The SMILES string of the molecule is COC(=O)c1nc(-c2ccc(F)c(F)c2)oc1CC(F)(F)F. The number of carbonyl (C=O) groups is 1. The highest BCUT2D eigenvalue weighted by molar-refractivity contribution is 5.88. The molecule has 118 valence electrons. The summed E-state index contributed by atoms with van der Waals surface area (Å²) in [4.78, 5) is 15.0. The molecule has 2 rings (SSSR count). The molecule has 0 N–H and O–H groups in total. The molecule has 22 heavy (non-hydrogen) atoms. The Kier molecular flexibility index (Phi) is 4.16. The second kappa shape index (κ2) is 5.74. The third kappa shape index (κ3) is 3.41. The summed E-state index contributed by atoms with van der Waals surface area (Å²) in [5, 5.41) is 0. The zero-order chi connectivity index (χ0) is 16.5. The van der Waals surface area contributed by atoms with Gasteiger partial charge >= 0.3 is 12.1 Å². The standard InChI is InChI=1S/C13H8F5NO3/c1-21-12(20)10-9(5-13(16,17)18)22-11(19-10)6-2-3-7(14)8(15)4-6/h2-4H,5H2,1H3. The van der Waals surface area contributed by atoms with Crippen molar-refractivity contribution < 1.29 is 35.9 Å². The van der Waals surface area contributed by atoms with Crippen molar-refractivity contribution in [1.82, 2.24) is 4.98 Å². The Bertz CT molecular complexity index is 708. The largest absolute Gasteiger partial charge is 0.464 e. The van der Waals surface area contributed by atoms with Gasteiger partial charge in [-0.3, -0.25) is 0 Å². The minimum absolute atomic E-state index is 0.113. The van der Waals surface area contributed by atoms with Gasteiger partial charge in [-0.1, -0.05) is 0 Å². The van der Waals surface area contributed by atoms with Crippen LogP contribution in [-0.2, 0) is 11.2 Å². The van der Waals surface area contributed by atoms with Gasteiger partial charge in [-0.25, -0.2) is 18.6 Å². The summed E-state index contributed by atoms with van der Waals surface area (Å²) in [5.41, 5.74) is -0.781. The Hall–Kier alpha value is -2.45. The molecular weight excluding hydrogens is 313 g/mol. The maximum atomic E-state index is 13.2. The topological polar surface area (TPSA) is 52.3 Å². The summed E-state index contributed by atoms with van der Waals surface area (Å²) < 4.78 is 72.6. The lowest BCUT2D eigenvalue weighted by molar-refractivity contribution is -0.130. The van der Waals surface area contributed by atoms with E-state index in [0.29, 0.717) is 6.07 Å². The summed E-state index contributed by atoms with van der Waals surface area (Å²) in [5.74, 6) is -4.71. The Balaban J connectivity index is 2.49. The van der Waals surface area contributed by atoms with Crippen LogP contribution in [0.3, 0.4) is 0 Å². The van der Waals surface area contributed by atoms with Crippen LogP contribution in [0.1, 0.15) is 16.2 Å². The van der Waals surface area contributed by atoms with E-state index in [1.165, 1.54) is 0 Å². The number of nitrogens with zero attached hydrogens (tertiary/aromatic N) is 1. The van der Waals surface area contributed by atoms with Gasteiger partial charge in [0.25, 0.3) is 0 Å². The number of carbonyl (C=O) groups excluding carboxylic acids is 1. The lowest BCUT2D eigenvalue weighted by atomic mass is 10.2. The van der Waals surface area contributed by atoms with Gasteiger partial charge in [-0.05, 0) is 18.2 Å². The minimum Gasteiger partial charge on any atom is -0.464 e. The number of hydrogen-bond donors (Lipinski definition) is 0. The van der Waals surface area contributed by atoms with E-state index in [4.69, 9.17) is 4.42 Å². The van der Waals surface area contributed by atoms with E-state index in [1.807, 2.05) is 0 Å². The first kappa shape index (κ1) is 15.9. The second-order valence-electron chi connectivity index (χ2n) is 4.20. The predicted octanol–water partition coefficient (Wildman–Crippen LogP) is 3.51. The van der Waals surface area contributed by atoms with Crippen LogP contribution in [-0.4, -0.2) is 24.2 Å². The van der Waals surface area contributed by atoms with Crippen molar-refractivity contribution in [3.63, 3.8) is 0 Å². The molecule has 0 bridgehead atoms. The van der Waals surface area contributed by atoms with Crippen molar-refractivity contribution in [2.75, 3.05) is 7.11 Å². The third-order valence-corrected chi connectivity index (χ3v) is 2.60. The Labute approximate surface area is 120 Å². The van der Waals surface area contributed by atoms with Gasteiger partial charge < -0.3 is 9.15 Å². The van der Waals surface area contributed by atoms with Crippen molar-refractivity contribution >= 4 is 5.97 Å². The molecule has 0 fully saturated rings. The van der Waals surface area contributed by atoms with E-state index in [0.717, 1.165) is 19.2 Å². The number of alkyl halides is 3. The highest BCUT2D eigenvalue weighted by Gasteiger charge is 2.34. The summed E-state index contributed by atoms with van der Waals surface area (Å²) in [7, 11) is 0.964. The molecule has 4 nitrogen and oxygen atoms in total. The molecule has 1 heterocycles. The van der Waals surface area contributed by atoms with Crippen molar-refractivity contribution in [3.8, 4) is 11.5 Å². The van der Waals surface area contributed by atoms with Crippen LogP contribution in [0, 0.1) is 11.6 Å². The van der Waals surface area contributed by atoms with Gasteiger partial charge in [0, 0.05) is 5.56 Å². The molecule has 9 heteroatoms. The fraction of sp³-hybridized carbons (Fsp3) is 0.231. The van der Waals surface area contributed by atoms with Gasteiger partial charge in [0.1, 0.15) is 12.2 Å². The van der Waals surface area contributed by atoms with Gasteiger partial charge in [-0.15, -0.1) is 0 Å². The van der Waals surface area contributed by atoms with Crippen LogP contribution >= 0.6 is 0 Å². The van der Waals surface area contributed by atoms with Gasteiger partial charge in [-0.2, -0.15) is 13.2 Å². The molecule has 0 atom stereocenters. The number of rotatable bonds is 3. The zero-order valence-electron chi connectivity index (χ0n) is 11.0. The first-order chi connectivity index (χ1) is 10.2. The number of aromatic nitrogens is 1. The summed E-state index contributed by atoms with van der Waals surface area (Å²) in [6, 6.07) is 2.51. The maximum Gasteiger partial charge on any atom is 0.396 e. The molecule has 1 aromatic carbocycles. The van der Waals surface area contributed by atoms with E-state index in [9.17, 15) is 26.7 Å². The quantitative estimate of drug-likeness (QED) is 0.641. The molecule has 0 radical (unpaired) electrons. The van der Waals surface area contributed by atoms with Crippen molar-refractivity contribution in [2.24, 2.45) is 0 Å². The normalized spacial score (nSPS) is 11.5. The number of hydrogen-bond acceptors (Lipinski definition) is 4. The number of halogens is 5. The fourth-order valence-electron chi connectivity index (χ4n) is 1.66. The summed E-state index contributed by atoms with van der Waals surface area (Å²) in [6.07, 6.45) is -6.19. The zero-order valence-corrected chi connectivity index (χ0v) is 11.0. The second-order valence-corrected chi connectivity index (χ2v) is 4.20. The lowest BCUT2D eigenvalue weighted by Gasteiger charge is -2.03. The molecule has 0 amide bonds. The lowest BCUT2D eigenvalue weighted by Crippen LogP contribution is -2.14. The minimum atomic E-state index is -4.65. The van der Waals surface area contributed by atoms with E-state index in [-0.39, 0.29) is 5.56 Å². The Morgan fingerprint density at radius 2 is 1.95 bits per heavy atom. The summed E-state index contributed by atoms with van der Waals surface area (Å²) in [6.45, 7) is 0. The average Bonchev–Trinajstić information content (AvgIpc) is 2.82. The summed E-state index contributed by atoms with van der Waals surface area (Å²) >= 11 is 0. The van der Waals surface area contributed by atoms with Gasteiger partial charge in [0.05, 0.1) is 7.11 Å². The van der Waals surface area contributed by atoms with E-state index >= 15 is 0 Å². The van der Waals surface area contributed by atoms with E-state index in [2.05, 4.69) is 9.72 Å². The number of oxazole rings is 1. The van der Waals surface area contributed by atoms with Crippen LogP contribution in [0.5, 0.6) is 0 Å². The van der Waals surface area contributed by atoms with Gasteiger partial charge in [0.2, 0.25) is 5.89 Å². The molecule has 0 saturated heterocycles. The van der Waals surface area contributed by atoms with Crippen LogP contribution in [0.4, 0.5) is 22.0 Å². The van der Waals surface area contributed by atoms with Crippen LogP contribution in [0.2, 0.25) is 0 Å². The highest BCUT2D eigenvalue weighted by atomic mass is 19.4. The monoisotopic (exact) mass is 321 g/mol. The molecular formula is C13H8F5NO3. The highest BCUT2D eigenvalue weighted by Crippen LogP contribution is 2.29. The fourth-order valence-corrected chi connectivity index (χ4v) is 1.66. The first-order valence-electron chi connectivity index (χ1n) is 5.81. The van der Waals surface area contributed by atoms with Crippen molar-refractivity contribution in [3.05, 3.63) is 41.3 Å². The van der Waals surface area contributed by atoms with E-state index in [1.54, 1.807) is 0 Å². The molecule has 0 unspecified atom stereocenters. The van der Waals surface area contributed by atoms with Crippen molar-refractivity contribution in [2.45, 2.75) is 12.6 Å². The molecule has 0 saturated carbocycles. The molecule has 0 aliphatic rings. The van der Waals surface area contributed by atoms with Crippen LogP contribution < -0.4 is 0 Å². The number of ether oxygens (including phenoxy) is 1. The Morgan fingerprint density at radius 3 is 2.50 bits per heavy atom. The maximum absolute atomic E-state index is 13.2.